The van der Waals surface area contributed by atoms with Crippen LogP contribution in [0.4, 0.5) is 0 Å². The van der Waals surface area contributed by atoms with E-state index in [1.54, 1.807) is 0 Å². The van der Waals surface area contributed by atoms with Gasteiger partial charge < -0.3 is 4.52 Å². The molecule has 0 atom stereocenters. The summed E-state index contributed by atoms with van der Waals surface area (Å²) in [6.07, 6.45) is 7.69. The molecule has 0 unspecified atom stereocenters. The maximum absolute atomic E-state index is 5.14. The molecule has 1 aromatic rings. The number of aryl methyl sites for hydroxylation is 2. The summed E-state index contributed by atoms with van der Waals surface area (Å²) >= 11 is 2.44. The Hall–Kier alpha value is -0.0600. The van der Waals surface area contributed by atoms with Gasteiger partial charge in [-0.3, -0.25) is 0 Å². The van der Waals surface area contributed by atoms with Crippen molar-refractivity contribution in [1.82, 2.24) is 5.16 Å². The zero-order valence-corrected chi connectivity index (χ0v) is 10.9. The van der Waals surface area contributed by atoms with Gasteiger partial charge in [-0.05, 0) is 24.2 Å². The molecular weight excluding hydrogens is 289 g/mol. The van der Waals surface area contributed by atoms with E-state index in [9.17, 15) is 0 Å². The van der Waals surface area contributed by atoms with Crippen LogP contribution in [0, 0.1) is 6.92 Å². The summed E-state index contributed by atoms with van der Waals surface area (Å²) in [4.78, 5) is 0. The molecule has 1 aromatic heterocycles. The molecule has 2 nitrogen and oxygen atoms in total. The van der Waals surface area contributed by atoms with Crippen molar-refractivity contribution in [2.45, 2.75) is 45.4 Å². The monoisotopic (exact) mass is 307 g/mol. The Morgan fingerprint density at radius 3 is 2.57 bits per heavy atom. The second-order valence-corrected chi connectivity index (χ2v) is 4.72. The highest BCUT2D eigenvalue weighted by molar-refractivity contribution is 14.1. The van der Waals surface area contributed by atoms with Gasteiger partial charge in [-0.15, -0.1) is 0 Å². The second kappa shape index (κ2) is 7.26. The molecule has 0 fully saturated rings. The van der Waals surface area contributed by atoms with E-state index in [2.05, 4.69) is 27.7 Å². The Morgan fingerprint density at radius 2 is 1.93 bits per heavy atom. The molecule has 0 bridgehead atoms. The number of alkyl halides is 1. The molecule has 0 aliphatic heterocycles. The molecule has 3 heteroatoms. The first-order chi connectivity index (χ1) is 6.83. The first kappa shape index (κ1) is 12.0. The minimum Gasteiger partial charge on any atom is -0.361 e. The number of halogens is 1. The Morgan fingerprint density at radius 1 is 1.21 bits per heavy atom. The van der Waals surface area contributed by atoms with Crippen LogP contribution in [0.25, 0.3) is 0 Å². The average molecular weight is 307 g/mol. The predicted molar refractivity (Wildman–Crippen MR) is 66.9 cm³/mol. The van der Waals surface area contributed by atoms with Crippen LogP contribution in [0.15, 0.2) is 10.6 Å². The maximum Gasteiger partial charge on any atom is 0.136 e. The third-order valence-electron chi connectivity index (χ3n) is 2.23. The topological polar surface area (TPSA) is 26.0 Å². The van der Waals surface area contributed by atoms with E-state index < -0.39 is 0 Å². The number of hydrogen-bond donors (Lipinski definition) is 0. The molecule has 0 amide bonds. The molecule has 0 radical (unpaired) electrons. The highest BCUT2D eigenvalue weighted by Crippen LogP contribution is 2.10. The summed E-state index contributed by atoms with van der Waals surface area (Å²) in [5, 5.41) is 3.87. The van der Waals surface area contributed by atoms with Gasteiger partial charge in [0.15, 0.2) is 0 Å². The van der Waals surface area contributed by atoms with Crippen molar-refractivity contribution < 1.29 is 4.52 Å². The Kier molecular flexibility index (Phi) is 6.23. The lowest BCUT2D eigenvalue weighted by Crippen LogP contribution is -1.84. The third kappa shape index (κ3) is 4.98. The number of hydrogen-bond acceptors (Lipinski definition) is 2. The van der Waals surface area contributed by atoms with Crippen molar-refractivity contribution in [3.8, 4) is 0 Å². The van der Waals surface area contributed by atoms with E-state index in [0.717, 1.165) is 17.9 Å². The lowest BCUT2D eigenvalue weighted by molar-refractivity contribution is 0.375. The molecule has 0 saturated carbocycles. The van der Waals surface area contributed by atoms with Gasteiger partial charge in [-0.2, -0.15) is 0 Å². The fourth-order valence-corrected chi connectivity index (χ4v) is 2.00. The Bertz CT molecular complexity index is 247. The number of unbranched alkanes of at least 4 members (excludes halogenated alkanes) is 4. The van der Waals surface area contributed by atoms with Gasteiger partial charge in [-0.25, -0.2) is 0 Å². The second-order valence-electron chi connectivity index (χ2n) is 3.64. The lowest BCUT2D eigenvalue weighted by atomic mass is 10.1. The van der Waals surface area contributed by atoms with Gasteiger partial charge >= 0.3 is 0 Å². The molecule has 0 N–H and O–H groups in total. The van der Waals surface area contributed by atoms with Gasteiger partial charge in [0, 0.05) is 12.5 Å². The van der Waals surface area contributed by atoms with Gasteiger partial charge in [0.1, 0.15) is 5.76 Å². The van der Waals surface area contributed by atoms with Crippen molar-refractivity contribution in [2.24, 2.45) is 0 Å². The van der Waals surface area contributed by atoms with E-state index in [-0.39, 0.29) is 0 Å². The number of rotatable bonds is 7. The minimum absolute atomic E-state index is 0.991. The van der Waals surface area contributed by atoms with E-state index in [4.69, 9.17) is 4.52 Å². The lowest BCUT2D eigenvalue weighted by Gasteiger charge is -1.97. The minimum atomic E-state index is 0.991. The summed E-state index contributed by atoms with van der Waals surface area (Å²) in [5.74, 6) is 1.04. The van der Waals surface area contributed by atoms with Gasteiger partial charge in [0.2, 0.25) is 0 Å². The van der Waals surface area contributed by atoms with E-state index in [0.29, 0.717) is 0 Å². The van der Waals surface area contributed by atoms with Gasteiger partial charge in [0.25, 0.3) is 0 Å². The van der Waals surface area contributed by atoms with Crippen LogP contribution in [0.3, 0.4) is 0 Å². The molecule has 1 rings (SSSR count). The first-order valence-electron chi connectivity index (χ1n) is 5.31. The first-order valence-corrected chi connectivity index (χ1v) is 6.83. The molecular formula is C11H18INO. The smallest absolute Gasteiger partial charge is 0.136 e. The largest absolute Gasteiger partial charge is 0.361 e. The van der Waals surface area contributed by atoms with Crippen LogP contribution in [0.5, 0.6) is 0 Å². The van der Waals surface area contributed by atoms with Crippen molar-refractivity contribution >= 4 is 22.6 Å². The van der Waals surface area contributed by atoms with Crippen LogP contribution >= 0.6 is 22.6 Å². The van der Waals surface area contributed by atoms with E-state index >= 15 is 0 Å². The fraction of sp³-hybridized carbons (Fsp3) is 0.727. The molecule has 14 heavy (non-hydrogen) atoms. The maximum atomic E-state index is 5.14. The van der Waals surface area contributed by atoms with Crippen molar-refractivity contribution in [3.63, 3.8) is 0 Å². The SMILES string of the molecule is Cc1cc(CCCCCCCI)on1. The zero-order valence-electron chi connectivity index (χ0n) is 8.76. The van der Waals surface area contributed by atoms with Crippen LogP contribution in [0.1, 0.15) is 43.6 Å². The normalized spacial score (nSPS) is 10.7. The zero-order chi connectivity index (χ0) is 10.2. The fourth-order valence-electron chi connectivity index (χ4n) is 1.46. The molecule has 0 aliphatic rings. The van der Waals surface area contributed by atoms with Crippen molar-refractivity contribution in [1.29, 1.82) is 0 Å². The number of nitrogens with zero attached hydrogens (tertiary/aromatic N) is 1. The molecule has 80 valence electrons. The van der Waals surface area contributed by atoms with E-state index in [1.807, 2.05) is 13.0 Å². The van der Waals surface area contributed by atoms with Crippen LogP contribution in [-0.4, -0.2) is 9.58 Å². The summed E-state index contributed by atoms with van der Waals surface area (Å²) < 4.78 is 6.43. The van der Waals surface area contributed by atoms with Crippen molar-refractivity contribution in [2.75, 3.05) is 4.43 Å². The Labute approximate surface area is 99.6 Å². The molecule has 0 aliphatic carbocycles. The summed E-state index contributed by atoms with van der Waals surface area (Å²) in [6, 6.07) is 2.03. The quantitative estimate of drug-likeness (QED) is 0.434. The van der Waals surface area contributed by atoms with Crippen LogP contribution in [-0.2, 0) is 6.42 Å². The molecule has 0 spiro atoms. The third-order valence-corrected chi connectivity index (χ3v) is 3.00. The Balaban J connectivity index is 1.99. The van der Waals surface area contributed by atoms with Crippen LogP contribution in [0.2, 0.25) is 0 Å². The van der Waals surface area contributed by atoms with E-state index in [1.165, 1.54) is 36.5 Å². The number of aromatic nitrogens is 1. The standard InChI is InChI=1S/C11H18INO/c1-10-9-11(14-13-10)7-5-3-2-4-6-8-12/h9H,2-8H2,1H3. The van der Waals surface area contributed by atoms with Gasteiger partial charge in [-0.1, -0.05) is 47.0 Å². The van der Waals surface area contributed by atoms with Crippen LogP contribution < -0.4 is 0 Å². The molecule has 1 heterocycles. The highest BCUT2D eigenvalue weighted by Gasteiger charge is 1.99. The summed E-state index contributed by atoms with van der Waals surface area (Å²) in [5.41, 5.74) is 0.991. The predicted octanol–water partition coefficient (Wildman–Crippen LogP) is 3.91. The average Bonchev–Trinajstić information content (AvgIpc) is 2.58. The molecule has 0 aromatic carbocycles. The van der Waals surface area contributed by atoms with Crippen molar-refractivity contribution in [3.05, 3.63) is 17.5 Å². The van der Waals surface area contributed by atoms with Gasteiger partial charge in [0.05, 0.1) is 5.69 Å². The summed E-state index contributed by atoms with van der Waals surface area (Å²) in [7, 11) is 0. The molecule has 0 saturated heterocycles. The highest BCUT2D eigenvalue weighted by atomic mass is 127. The summed E-state index contributed by atoms with van der Waals surface area (Å²) in [6.45, 7) is 1.97.